The summed E-state index contributed by atoms with van der Waals surface area (Å²) in [5, 5.41) is 15.7. The van der Waals surface area contributed by atoms with Gasteiger partial charge in [0, 0.05) is 12.3 Å². The number of thioether (sulfide) groups is 1. The third-order valence-corrected chi connectivity index (χ3v) is 7.22. The number of nitrogens with one attached hydrogen (secondary N) is 2. The van der Waals surface area contributed by atoms with Crippen LogP contribution in [0.15, 0.2) is 42.5 Å². The van der Waals surface area contributed by atoms with Gasteiger partial charge in [-0.25, -0.2) is 0 Å². The molecule has 0 spiro atoms. The molecule has 0 aromatic heterocycles. The van der Waals surface area contributed by atoms with Gasteiger partial charge in [0.2, 0.25) is 11.8 Å². The second-order valence-corrected chi connectivity index (χ2v) is 9.69. The van der Waals surface area contributed by atoms with Crippen molar-refractivity contribution < 1.29 is 14.7 Å². The maximum Gasteiger partial charge on any atom is 0.246 e. The fraction of sp³-hybridized carbons (Fsp3) is 0.440. The summed E-state index contributed by atoms with van der Waals surface area (Å²) in [7, 11) is 0. The highest BCUT2D eigenvalue weighted by Crippen LogP contribution is 2.29. The van der Waals surface area contributed by atoms with Crippen molar-refractivity contribution in [3.8, 4) is 5.75 Å². The number of phenolic OH excluding ortho intramolecular Hbond substituents is 1. The molecule has 7 heteroatoms. The minimum atomic E-state index is -0.912. The molecule has 2 aromatic rings. The summed E-state index contributed by atoms with van der Waals surface area (Å²) in [5.74, 6) is 1.12. The van der Waals surface area contributed by atoms with Gasteiger partial charge >= 0.3 is 0 Å². The van der Waals surface area contributed by atoms with E-state index in [9.17, 15) is 14.7 Å². The number of benzene rings is 2. The van der Waals surface area contributed by atoms with E-state index in [1.807, 2.05) is 32.0 Å². The number of rotatable bonds is 9. The fourth-order valence-electron chi connectivity index (χ4n) is 4.14. The van der Waals surface area contributed by atoms with Crippen molar-refractivity contribution in [2.75, 3.05) is 18.1 Å². The van der Waals surface area contributed by atoms with Gasteiger partial charge < -0.3 is 21.5 Å². The number of hydrogen-bond acceptors (Lipinski definition) is 5. The lowest BCUT2D eigenvalue weighted by Crippen LogP contribution is -2.62. The van der Waals surface area contributed by atoms with Crippen molar-refractivity contribution >= 4 is 23.6 Å². The first kappa shape index (κ1) is 24.1. The van der Waals surface area contributed by atoms with Gasteiger partial charge in [-0.2, -0.15) is 11.8 Å². The number of carbonyl (C=O) groups excluding carboxylic acids is 2. The van der Waals surface area contributed by atoms with Crippen LogP contribution in [0.5, 0.6) is 5.75 Å². The van der Waals surface area contributed by atoms with Crippen LogP contribution in [0.3, 0.4) is 0 Å². The van der Waals surface area contributed by atoms with E-state index in [2.05, 4.69) is 22.8 Å². The topological polar surface area (TPSA) is 104 Å². The van der Waals surface area contributed by atoms with Gasteiger partial charge in [0.25, 0.3) is 0 Å². The Morgan fingerprint density at radius 2 is 1.88 bits per heavy atom. The average molecular weight is 456 g/mol. The molecule has 0 bridgehead atoms. The molecule has 5 N–H and O–H groups in total. The molecule has 0 saturated carbocycles. The van der Waals surface area contributed by atoms with Gasteiger partial charge in [0.05, 0.1) is 6.04 Å². The molecule has 1 aliphatic rings. The second kappa shape index (κ2) is 10.9. The van der Waals surface area contributed by atoms with Gasteiger partial charge in [0.15, 0.2) is 0 Å². The molecule has 1 heterocycles. The smallest absolute Gasteiger partial charge is 0.246 e. The molecule has 172 valence electrons. The summed E-state index contributed by atoms with van der Waals surface area (Å²) >= 11 is 1.67. The molecule has 2 aromatic carbocycles. The molecule has 3 rings (SSSR count). The Morgan fingerprint density at radius 3 is 2.50 bits per heavy atom. The van der Waals surface area contributed by atoms with Gasteiger partial charge in [-0.15, -0.1) is 0 Å². The lowest BCUT2D eigenvalue weighted by Gasteiger charge is -2.30. The number of nitrogens with two attached hydrogens (primary N) is 1. The monoisotopic (exact) mass is 455 g/mol. The highest BCUT2D eigenvalue weighted by Gasteiger charge is 2.43. The van der Waals surface area contributed by atoms with Crippen LogP contribution >= 0.6 is 11.8 Å². The van der Waals surface area contributed by atoms with Crippen molar-refractivity contribution in [2.45, 2.75) is 51.1 Å². The predicted octanol–water partition coefficient (Wildman–Crippen LogP) is 2.62. The highest BCUT2D eigenvalue weighted by molar-refractivity contribution is 7.99. The van der Waals surface area contributed by atoms with Crippen LogP contribution in [-0.2, 0) is 22.4 Å². The maximum atomic E-state index is 13.0. The van der Waals surface area contributed by atoms with Crippen molar-refractivity contribution in [1.82, 2.24) is 10.6 Å². The van der Waals surface area contributed by atoms with E-state index in [4.69, 9.17) is 5.73 Å². The molecule has 2 amide bonds. The SMILES string of the molecule is Cc1cc(O)cc(C)c1C[C@H](N)C(=O)NC1(C(=O)NCCCc2ccccc2)CCSC1. The molecule has 1 unspecified atom stereocenters. The zero-order chi connectivity index (χ0) is 23.1. The molecular weight excluding hydrogens is 422 g/mol. The normalized spacial score (nSPS) is 18.8. The number of phenols is 1. The Hall–Kier alpha value is -2.51. The van der Waals surface area contributed by atoms with Crippen LogP contribution < -0.4 is 16.4 Å². The quantitative estimate of drug-likeness (QED) is 0.435. The Morgan fingerprint density at radius 1 is 1.19 bits per heavy atom. The van der Waals surface area contributed by atoms with Gasteiger partial charge in [-0.1, -0.05) is 30.3 Å². The summed E-state index contributed by atoms with van der Waals surface area (Å²) in [6, 6.07) is 12.7. The van der Waals surface area contributed by atoms with Crippen LogP contribution in [0.1, 0.15) is 35.1 Å². The Bertz CT molecular complexity index is 920. The van der Waals surface area contributed by atoms with Crippen molar-refractivity contribution in [3.63, 3.8) is 0 Å². The Balaban J connectivity index is 1.57. The molecule has 0 radical (unpaired) electrons. The molecular formula is C25H33N3O3S. The predicted molar refractivity (Wildman–Crippen MR) is 130 cm³/mol. The number of hydrogen-bond donors (Lipinski definition) is 4. The van der Waals surface area contributed by atoms with Crippen molar-refractivity contribution in [1.29, 1.82) is 0 Å². The summed E-state index contributed by atoms with van der Waals surface area (Å²) < 4.78 is 0. The van der Waals surface area contributed by atoms with Crippen LogP contribution in [-0.4, -0.2) is 46.6 Å². The van der Waals surface area contributed by atoms with E-state index in [1.165, 1.54) is 5.56 Å². The first-order valence-electron chi connectivity index (χ1n) is 11.1. The van der Waals surface area contributed by atoms with Crippen LogP contribution in [0.2, 0.25) is 0 Å². The first-order valence-corrected chi connectivity index (χ1v) is 12.2. The van der Waals surface area contributed by atoms with E-state index < -0.39 is 11.6 Å². The second-order valence-electron chi connectivity index (χ2n) is 8.59. The van der Waals surface area contributed by atoms with Crippen molar-refractivity contribution in [2.24, 2.45) is 5.73 Å². The van der Waals surface area contributed by atoms with Crippen LogP contribution in [0, 0.1) is 13.8 Å². The number of amides is 2. The van der Waals surface area contributed by atoms with Gasteiger partial charge in [-0.3, -0.25) is 9.59 Å². The largest absolute Gasteiger partial charge is 0.508 e. The fourth-order valence-corrected chi connectivity index (χ4v) is 5.47. The van der Waals surface area contributed by atoms with E-state index in [0.717, 1.165) is 35.3 Å². The minimum Gasteiger partial charge on any atom is -0.508 e. The van der Waals surface area contributed by atoms with Gasteiger partial charge in [0.1, 0.15) is 11.3 Å². The van der Waals surface area contributed by atoms with Crippen molar-refractivity contribution in [3.05, 3.63) is 64.7 Å². The summed E-state index contributed by atoms with van der Waals surface area (Å²) in [5.41, 5.74) is 9.31. The molecule has 32 heavy (non-hydrogen) atoms. The molecule has 0 aliphatic carbocycles. The average Bonchev–Trinajstić information content (AvgIpc) is 3.24. The maximum absolute atomic E-state index is 13.0. The lowest BCUT2D eigenvalue weighted by molar-refractivity contribution is -0.133. The van der Waals surface area contributed by atoms with E-state index in [0.29, 0.717) is 25.1 Å². The van der Waals surface area contributed by atoms with Crippen LogP contribution in [0.25, 0.3) is 0 Å². The number of carbonyl (C=O) groups is 2. The standard InChI is InChI=1S/C25H33N3O3S/c1-17-13-20(29)14-18(2)21(17)15-22(26)23(30)28-25(10-12-32-16-25)24(31)27-11-6-9-19-7-4-3-5-8-19/h3-5,7-8,13-14,22,29H,6,9-12,15-16,26H2,1-2H3,(H,27,31)(H,28,30)/t22-,25?/m0/s1. The number of aryl methyl sites for hydroxylation is 3. The highest BCUT2D eigenvalue weighted by atomic mass is 32.2. The summed E-state index contributed by atoms with van der Waals surface area (Å²) in [4.78, 5) is 26.0. The molecule has 1 saturated heterocycles. The zero-order valence-corrected chi connectivity index (χ0v) is 19.6. The molecule has 1 aliphatic heterocycles. The summed E-state index contributed by atoms with van der Waals surface area (Å²) in [6.07, 6.45) is 2.68. The molecule has 6 nitrogen and oxygen atoms in total. The molecule has 1 fully saturated rings. The Labute approximate surface area is 194 Å². The van der Waals surface area contributed by atoms with E-state index in [1.54, 1.807) is 23.9 Å². The summed E-state index contributed by atoms with van der Waals surface area (Å²) in [6.45, 7) is 4.35. The van der Waals surface area contributed by atoms with E-state index in [-0.39, 0.29) is 17.6 Å². The third-order valence-electron chi connectivity index (χ3n) is 6.03. The van der Waals surface area contributed by atoms with Crippen LogP contribution in [0.4, 0.5) is 0 Å². The van der Waals surface area contributed by atoms with E-state index >= 15 is 0 Å². The first-order chi connectivity index (χ1) is 15.3. The van der Waals surface area contributed by atoms with Gasteiger partial charge in [-0.05, 0) is 79.7 Å². The number of aromatic hydroxyl groups is 1. The third kappa shape index (κ3) is 6.04. The lowest BCUT2D eigenvalue weighted by atomic mass is 9.93. The Kier molecular flexibility index (Phi) is 8.21. The zero-order valence-electron chi connectivity index (χ0n) is 18.8. The molecule has 2 atom stereocenters. The minimum absolute atomic E-state index is 0.131.